The molecular formula is C64H56N2O4S2. The zero-order valence-corrected chi connectivity index (χ0v) is 42.7. The number of hydrogen-bond donors (Lipinski definition) is 0. The van der Waals surface area contributed by atoms with Crippen molar-refractivity contribution >= 4 is 88.9 Å². The quantitative estimate of drug-likeness (QED) is 0.0848. The van der Waals surface area contributed by atoms with Gasteiger partial charge >= 0.3 is 11.9 Å². The van der Waals surface area contributed by atoms with Gasteiger partial charge in [-0.15, -0.1) is 22.7 Å². The average molecular weight is 981 g/mol. The van der Waals surface area contributed by atoms with Gasteiger partial charge in [0.05, 0.1) is 14.2 Å². The van der Waals surface area contributed by atoms with Crippen molar-refractivity contribution in [2.24, 2.45) is 0 Å². The highest BCUT2D eigenvalue weighted by Gasteiger charge is 2.18. The van der Waals surface area contributed by atoms with Crippen LogP contribution in [0.2, 0.25) is 0 Å². The van der Waals surface area contributed by atoms with Gasteiger partial charge in [0, 0.05) is 66.1 Å². The molecule has 0 fully saturated rings. The van der Waals surface area contributed by atoms with Crippen molar-refractivity contribution in [3.8, 4) is 32.0 Å². The topological polar surface area (TPSA) is 59.1 Å². The highest BCUT2D eigenvalue weighted by molar-refractivity contribution is 7.28. The Kier molecular flexibility index (Phi) is 14.4. The molecule has 0 unspecified atom stereocenters. The van der Waals surface area contributed by atoms with E-state index in [0.717, 1.165) is 80.3 Å². The average Bonchev–Trinajstić information content (AvgIpc) is 4.07. The number of carbonyl (C=O) groups excluding carboxylic acids is 2. The molecule has 358 valence electrons. The second-order valence-corrected chi connectivity index (χ2v) is 20.2. The molecule has 0 atom stereocenters. The van der Waals surface area contributed by atoms with Crippen molar-refractivity contribution in [3.63, 3.8) is 0 Å². The number of methoxy groups -OCH3 is 2. The van der Waals surface area contributed by atoms with Crippen LogP contribution in [0.1, 0.15) is 48.9 Å². The Morgan fingerprint density at radius 1 is 0.375 bits per heavy atom. The van der Waals surface area contributed by atoms with E-state index in [1.807, 2.05) is 22.7 Å². The molecular weight excluding hydrogens is 925 g/mol. The Bertz CT molecular complexity index is 3230. The van der Waals surface area contributed by atoms with Crippen molar-refractivity contribution in [2.75, 3.05) is 24.0 Å². The number of rotatable bonds is 17. The molecule has 10 aromatic rings. The lowest BCUT2D eigenvalue weighted by Gasteiger charge is -2.26. The van der Waals surface area contributed by atoms with E-state index >= 15 is 0 Å². The summed E-state index contributed by atoms with van der Waals surface area (Å²) in [5.41, 5.74) is 15.9. The molecule has 0 amide bonds. The third kappa shape index (κ3) is 10.6. The van der Waals surface area contributed by atoms with Crippen molar-refractivity contribution in [1.82, 2.24) is 0 Å². The summed E-state index contributed by atoms with van der Waals surface area (Å²) in [5, 5.41) is 2.42. The maximum absolute atomic E-state index is 11.7. The number of esters is 2. The van der Waals surface area contributed by atoms with Gasteiger partial charge < -0.3 is 19.3 Å². The Hall–Kier alpha value is -7.78. The van der Waals surface area contributed by atoms with Crippen LogP contribution in [-0.4, -0.2) is 26.2 Å². The Balaban J connectivity index is 0.927. The van der Waals surface area contributed by atoms with Gasteiger partial charge in [-0.3, -0.25) is 9.59 Å². The van der Waals surface area contributed by atoms with E-state index in [4.69, 9.17) is 9.47 Å². The van der Waals surface area contributed by atoms with Gasteiger partial charge in [-0.1, -0.05) is 111 Å². The number of aryl methyl sites for hydroxylation is 4. The summed E-state index contributed by atoms with van der Waals surface area (Å²) in [6, 6.07) is 70.7. The minimum absolute atomic E-state index is 0.194. The molecule has 0 saturated carbocycles. The van der Waals surface area contributed by atoms with Crippen molar-refractivity contribution in [1.29, 1.82) is 0 Å². The van der Waals surface area contributed by atoms with E-state index in [2.05, 4.69) is 218 Å². The van der Waals surface area contributed by atoms with Crippen LogP contribution >= 0.6 is 22.7 Å². The fourth-order valence-corrected chi connectivity index (χ4v) is 11.4. The number of hydrogen-bond acceptors (Lipinski definition) is 8. The maximum Gasteiger partial charge on any atom is 0.305 e. The minimum Gasteiger partial charge on any atom is -0.469 e. The zero-order chi connectivity index (χ0) is 49.6. The molecule has 0 radical (unpaired) electrons. The van der Waals surface area contributed by atoms with Crippen molar-refractivity contribution < 1.29 is 19.1 Å². The molecule has 0 aliphatic heterocycles. The molecule has 0 saturated heterocycles. The monoisotopic (exact) mass is 980 g/mol. The predicted octanol–water partition coefficient (Wildman–Crippen LogP) is 17.4. The second kappa shape index (κ2) is 21.7. The maximum atomic E-state index is 11.7. The van der Waals surface area contributed by atoms with Gasteiger partial charge in [-0.25, -0.2) is 0 Å². The van der Waals surface area contributed by atoms with Gasteiger partial charge in [-0.2, -0.15) is 0 Å². The Labute approximate surface area is 430 Å². The van der Waals surface area contributed by atoms with Crippen molar-refractivity contribution in [3.05, 3.63) is 216 Å². The number of fused-ring (bicyclic) bond motifs is 2. The molecule has 6 nitrogen and oxygen atoms in total. The van der Waals surface area contributed by atoms with Crippen LogP contribution in [0.4, 0.5) is 34.1 Å². The molecule has 8 aromatic carbocycles. The highest BCUT2D eigenvalue weighted by atomic mass is 32.1. The third-order valence-electron chi connectivity index (χ3n) is 13.5. The molecule has 0 spiro atoms. The molecule has 2 heterocycles. The standard InChI is InChI=1S/C64H56N2O4S2/c1-5-43-11-25-53(26-12-43)65(55-29-21-49(22-30-55)47-17-7-45(8-18-47)15-37-63(67)69-3)57-33-35-59-51(39-57)41-61(71-59)62-42-52-40-58(34-36-60(52)72-62)66(54-27-13-44(6-2)14-28-54)56-31-23-50(24-32-56)48-19-9-46(10-20-48)16-38-64(68)70-4/h7-14,17-36,39-42H,5-6,15-16,37-38H2,1-4H3. The van der Waals surface area contributed by atoms with Crippen LogP contribution in [0.5, 0.6) is 0 Å². The van der Waals surface area contributed by atoms with Crippen LogP contribution in [0, 0.1) is 0 Å². The normalized spacial score (nSPS) is 11.2. The van der Waals surface area contributed by atoms with Gasteiger partial charge in [-0.05, 0) is 178 Å². The highest BCUT2D eigenvalue weighted by Crippen LogP contribution is 2.45. The zero-order valence-electron chi connectivity index (χ0n) is 41.1. The van der Waals surface area contributed by atoms with Crippen LogP contribution in [-0.2, 0) is 44.7 Å². The second-order valence-electron chi connectivity index (χ2n) is 18.0. The summed E-state index contributed by atoms with van der Waals surface area (Å²) < 4.78 is 12.2. The molecule has 0 N–H and O–H groups in total. The van der Waals surface area contributed by atoms with Gasteiger partial charge in [0.25, 0.3) is 0 Å². The van der Waals surface area contributed by atoms with E-state index in [1.54, 1.807) is 0 Å². The Morgan fingerprint density at radius 2 is 0.667 bits per heavy atom. The SMILES string of the molecule is CCc1ccc(N(c2ccc(-c3ccc(CCC(=O)OC)cc3)cc2)c2ccc3sc(-c4cc5cc(N(c6ccc(CC)cc6)c6ccc(-c7ccc(CCC(=O)OC)cc7)cc6)ccc5s4)cc3c2)cc1. The van der Waals surface area contributed by atoms with E-state index in [0.29, 0.717) is 25.7 Å². The molecule has 0 bridgehead atoms. The first-order valence-electron chi connectivity index (χ1n) is 24.6. The van der Waals surface area contributed by atoms with Crippen LogP contribution in [0.25, 0.3) is 52.2 Å². The van der Waals surface area contributed by atoms with Crippen LogP contribution in [0.15, 0.2) is 194 Å². The minimum atomic E-state index is -0.194. The molecule has 2 aromatic heterocycles. The number of thiophene rings is 2. The number of carbonyl (C=O) groups is 2. The predicted molar refractivity (Wildman–Crippen MR) is 302 cm³/mol. The third-order valence-corrected chi connectivity index (χ3v) is 15.9. The summed E-state index contributed by atoms with van der Waals surface area (Å²) in [4.78, 5) is 30.6. The number of benzene rings is 8. The first-order chi connectivity index (χ1) is 35.2. The van der Waals surface area contributed by atoms with Gasteiger partial charge in [0.1, 0.15) is 0 Å². The number of ether oxygens (including phenoxy) is 2. The molecule has 0 aliphatic carbocycles. The fourth-order valence-electron chi connectivity index (χ4n) is 9.27. The largest absolute Gasteiger partial charge is 0.469 e. The lowest BCUT2D eigenvalue weighted by Crippen LogP contribution is -2.09. The summed E-state index contributed by atoms with van der Waals surface area (Å²) in [5.74, 6) is -0.387. The van der Waals surface area contributed by atoms with Gasteiger partial charge in [0.15, 0.2) is 0 Å². The molecule has 10 rings (SSSR count). The summed E-state index contributed by atoms with van der Waals surface area (Å²) in [6.45, 7) is 4.38. The molecule has 8 heteroatoms. The van der Waals surface area contributed by atoms with E-state index < -0.39 is 0 Å². The first-order valence-corrected chi connectivity index (χ1v) is 26.3. The smallest absolute Gasteiger partial charge is 0.305 e. The fraction of sp³-hybridized carbons (Fsp3) is 0.156. The van der Waals surface area contributed by atoms with Crippen LogP contribution in [0.3, 0.4) is 0 Å². The first kappa shape index (κ1) is 47.9. The lowest BCUT2D eigenvalue weighted by atomic mass is 10.0. The summed E-state index contributed by atoms with van der Waals surface area (Å²) in [6.07, 6.45) is 4.03. The molecule has 0 aliphatic rings. The van der Waals surface area contributed by atoms with E-state index in [9.17, 15) is 9.59 Å². The summed E-state index contributed by atoms with van der Waals surface area (Å²) in [7, 11) is 2.86. The van der Waals surface area contributed by atoms with Gasteiger partial charge in [0.2, 0.25) is 0 Å². The van der Waals surface area contributed by atoms with Crippen LogP contribution < -0.4 is 9.80 Å². The number of nitrogens with zero attached hydrogens (tertiary/aromatic N) is 2. The summed E-state index contributed by atoms with van der Waals surface area (Å²) >= 11 is 3.68. The van der Waals surface area contributed by atoms with Crippen molar-refractivity contribution in [2.45, 2.75) is 52.4 Å². The van der Waals surface area contributed by atoms with E-state index in [1.165, 1.54) is 55.3 Å². The van der Waals surface area contributed by atoms with E-state index in [-0.39, 0.29) is 11.9 Å². The molecule has 72 heavy (non-hydrogen) atoms. The number of anilines is 6. The lowest BCUT2D eigenvalue weighted by molar-refractivity contribution is -0.141. The Morgan fingerprint density at radius 3 is 0.986 bits per heavy atom.